The van der Waals surface area contributed by atoms with Crippen LogP contribution in [0.25, 0.3) is 11.2 Å². The van der Waals surface area contributed by atoms with E-state index in [4.69, 9.17) is 10.5 Å². The summed E-state index contributed by atoms with van der Waals surface area (Å²) in [4.78, 5) is 11.7. The Morgan fingerprint density at radius 2 is 2.27 bits per heavy atom. The third kappa shape index (κ3) is 2.07. The molecule has 5 heteroatoms. The van der Waals surface area contributed by atoms with Crippen LogP contribution < -0.4 is 10.5 Å². The zero-order valence-electron chi connectivity index (χ0n) is 8.82. The van der Waals surface area contributed by atoms with E-state index in [0.717, 1.165) is 17.8 Å². The fraction of sp³-hybridized carbons (Fsp3) is 0.400. The van der Waals surface area contributed by atoms with Crippen LogP contribution in [0.1, 0.15) is 12.7 Å². The second kappa shape index (κ2) is 3.86. The van der Waals surface area contributed by atoms with Crippen molar-refractivity contribution in [3.05, 3.63) is 18.0 Å². The molecule has 0 fully saturated rings. The van der Waals surface area contributed by atoms with Gasteiger partial charge in [-0.2, -0.15) is 4.98 Å². The van der Waals surface area contributed by atoms with Crippen molar-refractivity contribution < 1.29 is 4.74 Å². The number of methoxy groups -OCH3 is 1. The minimum absolute atomic E-state index is 0.0902. The molecule has 0 aliphatic rings. The molecule has 0 amide bonds. The molecule has 0 bridgehead atoms. The van der Waals surface area contributed by atoms with Gasteiger partial charge in [0.25, 0.3) is 0 Å². The highest BCUT2D eigenvalue weighted by molar-refractivity contribution is 5.71. The molecule has 5 nitrogen and oxygen atoms in total. The van der Waals surface area contributed by atoms with Crippen molar-refractivity contribution in [3.63, 3.8) is 0 Å². The molecule has 2 heterocycles. The van der Waals surface area contributed by atoms with Crippen LogP contribution in [-0.4, -0.2) is 28.1 Å². The third-order valence-electron chi connectivity index (χ3n) is 2.09. The molecule has 0 saturated carbocycles. The van der Waals surface area contributed by atoms with Gasteiger partial charge in [0.1, 0.15) is 5.82 Å². The van der Waals surface area contributed by atoms with Crippen molar-refractivity contribution in [2.24, 2.45) is 5.73 Å². The van der Waals surface area contributed by atoms with Gasteiger partial charge in [0.05, 0.1) is 12.6 Å². The van der Waals surface area contributed by atoms with Crippen LogP contribution in [0.4, 0.5) is 0 Å². The second-order valence-electron chi connectivity index (χ2n) is 3.59. The Morgan fingerprint density at radius 1 is 1.47 bits per heavy atom. The minimum Gasteiger partial charge on any atom is -0.481 e. The maximum Gasteiger partial charge on any atom is 0.215 e. The van der Waals surface area contributed by atoms with E-state index in [1.807, 2.05) is 13.0 Å². The first-order valence-electron chi connectivity index (χ1n) is 4.84. The fourth-order valence-corrected chi connectivity index (χ4v) is 1.44. The summed E-state index contributed by atoms with van der Waals surface area (Å²) in [6.45, 7) is 1.95. The van der Waals surface area contributed by atoms with Gasteiger partial charge in [0, 0.05) is 18.5 Å². The molecule has 15 heavy (non-hydrogen) atoms. The predicted molar refractivity (Wildman–Crippen MR) is 57.8 cm³/mol. The number of imidazole rings is 1. The number of nitrogens with zero attached hydrogens (tertiary/aromatic N) is 2. The highest BCUT2D eigenvalue weighted by Gasteiger charge is 2.06. The van der Waals surface area contributed by atoms with E-state index in [2.05, 4.69) is 15.0 Å². The lowest BCUT2D eigenvalue weighted by Crippen LogP contribution is -2.18. The Balaban J connectivity index is 2.37. The lowest BCUT2D eigenvalue weighted by Gasteiger charge is -1.98. The van der Waals surface area contributed by atoms with Gasteiger partial charge in [-0.05, 0) is 13.0 Å². The number of nitrogens with two attached hydrogens (primary N) is 1. The summed E-state index contributed by atoms with van der Waals surface area (Å²) in [6.07, 6.45) is 0.721. The number of hydrogen-bond acceptors (Lipinski definition) is 4. The number of nitrogens with one attached hydrogen (secondary N) is 1. The SMILES string of the molecule is COc1ccc2[nH]c(CC(C)N)nc2n1. The van der Waals surface area contributed by atoms with Crippen LogP contribution in [0.5, 0.6) is 5.88 Å². The van der Waals surface area contributed by atoms with E-state index >= 15 is 0 Å². The zero-order chi connectivity index (χ0) is 10.8. The summed E-state index contributed by atoms with van der Waals surface area (Å²) in [5, 5.41) is 0. The van der Waals surface area contributed by atoms with Crippen molar-refractivity contribution in [1.82, 2.24) is 15.0 Å². The van der Waals surface area contributed by atoms with Gasteiger partial charge in [-0.25, -0.2) is 4.98 Å². The standard InChI is InChI=1S/C10H14N4O/c1-6(11)5-8-12-7-3-4-9(15-2)14-10(7)13-8/h3-4,6H,5,11H2,1-2H3,(H,12,13,14). The number of pyridine rings is 1. The third-order valence-corrected chi connectivity index (χ3v) is 2.09. The summed E-state index contributed by atoms with van der Waals surface area (Å²) in [6, 6.07) is 3.79. The Morgan fingerprint density at radius 3 is 2.93 bits per heavy atom. The highest BCUT2D eigenvalue weighted by Crippen LogP contribution is 2.14. The number of fused-ring (bicyclic) bond motifs is 1. The largest absolute Gasteiger partial charge is 0.481 e. The number of H-pyrrole nitrogens is 1. The lowest BCUT2D eigenvalue weighted by atomic mass is 10.2. The summed E-state index contributed by atoms with van der Waals surface area (Å²) in [5.41, 5.74) is 7.28. The minimum atomic E-state index is 0.0902. The van der Waals surface area contributed by atoms with E-state index in [9.17, 15) is 0 Å². The smallest absolute Gasteiger partial charge is 0.215 e. The van der Waals surface area contributed by atoms with Gasteiger partial charge in [0.2, 0.25) is 5.88 Å². The first-order valence-corrected chi connectivity index (χ1v) is 4.84. The molecule has 0 aliphatic heterocycles. The molecule has 0 spiro atoms. The summed E-state index contributed by atoms with van der Waals surface area (Å²) >= 11 is 0. The van der Waals surface area contributed by atoms with Gasteiger partial charge in [-0.1, -0.05) is 0 Å². The molecule has 1 atom stereocenters. The van der Waals surface area contributed by atoms with E-state index < -0.39 is 0 Å². The van der Waals surface area contributed by atoms with Crippen molar-refractivity contribution in [2.45, 2.75) is 19.4 Å². The number of aromatic amines is 1. The summed E-state index contributed by atoms with van der Waals surface area (Å²) in [7, 11) is 1.59. The number of aromatic nitrogens is 3. The van der Waals surface area contributed by atoms with Gasteiger partial charge >= 0.3 is 0 Å². The Labute approximate surface area is 87.7 Å². The van der Waals surface area contributed by atoms with E-state index in [1.54, 1.807) is 13.2 Å². The quantitative estimate of drug-likeness (QED) is 0.780. The Kier molecular flexibility index (Phi) is 2.55. The topological polar surface area (TPSA) is 76.8 Å². The number of hydrogen-bond donors (Lipinski definition) is 2. The molecule has 0 aromatic carbocycles. The average molecular weight is 206 g/mol. The normalized spacial score (nSPS) is 13.0. The summed E-state index contributed by atoms with van der Waals surface area (Å²) < 4.78 is 5.02. The number of rotatable bonds is 3. The maximum absolute atomic E-state index is 5.70. The van der Waals surface area contributed by atoms with E-state index in [1.165, 1.54) is 0 Å². The van der Waals surface area contributed by atoms with Crippen LogP contribution in [0.15, 0.2) is 12.1 Å². The Hall–Kier alpha value is -1.62. The van der Waals surface area contributed by atoms with Gasteiger partial charge in [0.15, 0.2) is 5.65 Å². The molecular formula is C10H14N4O. The van der Waals surface area contributed by atoms with Gasteiger partial charge in [-0.15, -0.1) is 0 Å². The molecule has 0 radical (unpaired) electrons. The van der Waals surface area contributed by atoms with Crippen LogP contribution in [0.2, 0.25) is 0 Å². The van der Waals surface area contributed by atoms with Crippen molar-refractivity contribution in [3.8, 4) is 5.88 Å². The molecule has 3 N–H and O–H groups in total. The van der Waals surface area contributed by atoms with Crippen LogP contribution in [-0.2, 0) is 6.42 Å². The fourth-order valence-electron chi connectivity index (χ4n) is 1.44. The van der Waals surface area contributed by atoms with Gasteiger partial charge in [-0.3, -0.25) is 0 Å². The van der Waals surface area contributed by atoms with Crippen LogP contribution in [0, 0.1) is 0 Å². The number of ether oxygens (including phenoxy) is 1. The van der Waals surface area contributed by atoms with Gasteiger partial charge < -0.3 is 15.5 Å². The molecule has 2 aromatic rings. The predicted octanol–water partition coefficient (Wildman–Crippen LogP) is 0.856. The average Bonchev–Trinajstić information content (AvgIpc) is 2.57. The van der Waals surface area contributed by atoms with Crippen LogP contribution in [0.3, 0.4) is 0 Å². The molecule has 80 valence electrons. The van der Waals surface area contributed by atoms with E-state index in [0.29, 0.717) is 11.5 Å². The van der Waals surface area contributed by atoms with Crippen molar-refractivity contribution >= 4 is 11.2 Å². The monoisotopic (exact) mass is 206 g/mol. The summed E-state index contributed by atoms with van der Waals surface area (Å²) in [5.74, 6) is 1.43. The highest BCUT2D eigenvalue weighted by atomic mass is 16.5. The molecule has 0 aliphatic carbocycles. The Bertz CT molecular complexity index is 463. The molecule has 1 unspecified atom stereocenters. The second-order valence-corrected chi connectivity index (χ2v) is 3.59. The first-order chi connectivity index (χ1) is 7.19. The molecule has 2 rings (SSSR count). The molecular weight excluding hydrogens is 192 g/mol. The molecule has 2 aromatic heterocycles. The lowest BCUT2D eigenvalue weighted by molar-refractivity contribution is 0.399. The van der Waals surface area contributed by atoms with Crippen molar-refractivity contribution in [2.75, 3.05) is 7.11 Å². The van der Waals surface area contributed by atoms with E-state index in [-0.39, 0.29) is 6.04 Å². The maximum atomic E-state index is 5.70. The first kappa shape index (κ1) is 9.92. The van der Waals surface area contributed by atoms with Crippen LogP contribution >= 0.6 is 0 Å². The zero-order valence-corrected chi connectivity index (χ0v) is 8.82. The van der Waals surface area contributed by atoms with Crippen molar-refractivity contribution in [1.29, 1.82) is 0 Å². The molecule has 0 saturated heterocycles.